The number of rotatable bonds is 5. The van der Waals surface area contributed by atoms with Crippen LogP contribution in [0.2, 0.25) is 0 Å². The Morgan fingerprint density at radius 1 is 1.33 bits per heavy atom. The standard InChI is InChI=1S/C15H22N2O/c1-15(2,3)14(8-9-18)17-11-13-7-5-4-6-12(13)10-16/h4-7,14,17-18H,8-9,11H2,1-3H3. The Bertz CT molecular complexity index is 415. The lowest BCUT2D eigenvalue weighted by molar-refractivity contribution is 0.196. The average Bonchev–Trinajstić information content (AvgIpc) is 2.33. The molecule has 0 bridgehead atoms. The smallest absolute Gasteiger partial charge is 0.0995 e. The summed E-state index contributed by atoms with van der Waals surface area (Å²) in [7, 11) is 0. The summed E-state index contributed by atoms with van der Waals surface area (Å²) in [6.45, 7) is 7.28. The molecule has 1 rings (SSSR count). The summed E-state index contributed by atoms with van der Waals surface area (Å²) in [5.41, 5.74) is 1.80. The predicted octanol–water partition coefficient (Wildman–Crippen LogP) is 2.44. The molecule has 0 radical (unpaired) electrons. The highest BCUT2D eigenvalue weighted by Gasteiger charge is 2.23. The fourth-order valence-electron chi connectivity index (χ4n) is 1.99. The summed E-state index contributed by atoms with van der Waals surface area (Å²) in [5.74, 6) is 0. The van der Waals surface area contributed by atoms with Gasteiger partial charge in [-0.25, -0.2) is 0 Å². The number of nitriles is 1. The van der Waals surface area contributed by atoms with Gasteiger partial charge in [0.2, 0.25) is 0 Å². The molecule has 0 aliphatic rings. The Morgan fingerprint density at radius 3 is 2.56 bits per heavy atom. The lowest BCUT2D eigenvalue weighted by atomic mass is 9.85. The zero-order chi connectivity index (χ0) is 13.6. The van der Waals surface area contributed by atoms with E-state index in [0.717, 1.165) is 12.0 Å². The van der Waals surface area contributed by atoms with Crippen LogP contribution in [-0.2, 0) is 6.54 Å². The molecule has 0 spiro atoms. The largest absolute Gasteiger partial charge is 0.396 e. The molecule has 3 heteroatoms. The van der Waals surface area contributed by atoms with E-state index in [1.807, 2.05) is 24.3 Å². The monoisotopic (exact) mass is 246 g/mol. The predicted molar refractivity (Wildman–Crippen MR) is 72.9 cm³/mol. The third-order valence-corrected chi connectivity index (χ3v) is 3.14. The van der Waals surface area contributed by atoms with Crippen molar-refractivity contribution in [2.45, 2.75) is 39.8 Å². The molecule has 1 atom stereocenters. The van der Waals surface area contributed by atoms with E-state index in [-0.39, 0.29) is 18.1 Å². The van der Waals surface area contributed by atoms with Gasteiger partial charge < -0.3 is 10.4 Å². The molecule has 0 heterocycles. The van der Waals surface area contributed by atoms with E-state index >= 15 is 0 Å². The van der Waals surface area contributed by atoms with Crippen LogP contribution in [0.25, 0.3) is 0 Å². The number of hydrogen-bond acceptors (Lipinski definition) is 3. The van der Waals surface area contributed by atoms with Crippen molar-refractivity contribution < 1.29 is 5.11 Å². The maximum absolute atomic E-state index is 9.11. The quantitative estimate of drug-likeness (QED) is 0.839. The first kappa shape index (κ1) is 14.7. The van der Waals surface area contributed by atoms with Gasteiger partial charge in [-0.3, -0.25) is 0 Å². The van der Waals surface area contributed by atoms with E-state index in [1.54, 1.807) is 0 Å². The summed E-state index contributed by atoms with van der Waals surface area (Å²) in [5, 5.41) is 21.6. The van der Waals surface area contributed by atoms with Gasteiger partial charge in [0, 0.05) is 19.2 Å². The third-order valence-electron chi connectivity index (χ3n) is 3.14. The molecule has 0 aromatic heterocycles. The van der Waals surface area contributed by atoms with Crippen LogP contribution >= 0.6 is 0 Å². The maximum Gasteiger partial charge on any atom is 0.0995 e. The Balaban J connectivity index is 2.71. The average molecular weight is 246 g/mol. The third kappa shape index (κ3) is 4.14. The molecule has 18 heavy (non-hydrogen) atoms. The fraction of sp³-hybridized carbons (Fsp3) is 0.533. The van der Waals surface area contributed by atoms with Crippen LogP contribution in [0.15, 0.2) is 24.3 Å². The van der Waals surface area contributed by atoms with Crippen molar-refractivity contribution in [2.24, 2.45) is 5.41 Å². The molecule has 98 valence electrons. The Kier molecular flexibility index (Phi) is 5.33. The summed E-state index contributed by atoms with van der Waals surface area (Å²) in [6, 6.07) is 10.0. The molecule has 0 amide bonds. The summed E-state index contributed by atoms with van der Waals surface area (Å²) >= 11 is 0. The molecule has 0 fully saturated rings. The van der Waals surface area contributed by atoms with Crippen molar-refractivity contribution in [3.05, 3.63) is 35.4 Å². The lowest BCUT2D eigenvalue weighted by Gasteiger charge is -2.31. The van der Waals surface area contributed by atoms with Crippen LogP contribution in [0.4, 0.5) is 0 Å². The maximum atomic E-state index is 9.11. The first-order chi connectivity index (χ1) is 8.49. The van der Waals surface area contributed by atoms with Crippen molar-refractivity contribution in [1.82, 2.24) is 5.32 Å². The van der Waals surface area contributed by atoms with Crippen molar-refractivity contribution in [3.8, 4) is 6.07 Å². The van der Waals surface area contributed by atoms with E-state index in [4.69, 9.17) is 10.4 Å². The van der Waals surface area contributed by atoms with Crippen molar-refractivity contribution in [2.75, 3.05) is 6.61 Å². The van der Waals surface area contributed by atoms with E-state index in [2.05, 4.69) is 32.2 Å². The van der Waals surface area contributed by atoms with Gasteiger partial charge in [-0.2, -0.15) is 5.26 Å². The highest BCUT2D eigenvalue weighted by molar-refractivity contribution is 5.37. The minimum absolute atomic E-state index is 0.0876. The number of aliphatic hydroxyl groups excluding tert-OH is 1. The van der Waals surface area contributed by atoms with Crippen LogP contribution in [0.3, 0.4) is 0 Å². The molecule has 0 aliphatic carbocycles. The van der Waals surface area contributed by atoms with Crippen LogP contribution in [-0.4, -0.2) is 17.8 Å². The molecular formula is C15H22N2O. The topological polar surface area (TPSA) is 56.0 Å². The van der Waals surface area contributed by atoms with Crippen molar-refractivity contribution >= 4 is 0 Å². The summed E-state index contributed by atoms with van der Waals surface area (Å²) in [4.78, 5) is 0. The molecule has 1 unspecified atom stereocenters. The van der Waals surface area contributed by atoms with E-state index in [0.29, 0.717) is 12.1 Å². The second kappa shape index (κ2) is 6.53. The first-order valence-corrected chi connectivity index (χ1v) is 6.31. The molecule has 0 aliphatic heterocycles. The number of nitrogens with one attached hydrogen (secondary N) is 1. The van der Waals surface area contributed by atoms with Gasteiger partial charge in [0.1, 0.15) is 0 Å². The molecule has 3 nitrogen and oxygen atoms in total. The highest BCUT2D eigenvalue weighted by atomic mass is 16.3. The Morgan fingerprint density at radius 2 is 2.00 bits per heavy atom. The number of hydrogen-bond donors (Lipinski definition) is 2. The van der Waals surface area contributed by atoms with Crippen LogP contribution in [0.1, 0.15) is 38.3 Å². The van der Waals surface area contributed by atoms with E-state index in [1.165, 1.54) is 0 Å². The van der Waals surface area contributed by atoms with Gasteiger partial charge in [0.05, 0.1) is 11.6 Å². The van der Waals surface area contributed by atoms with Crippen molar-refractivity contribution in [1.29, 1.82) is 5.26 Å². The van der Waals surface area contributed by atoms with E-state index < -0.39 is 0 Å². The summed E-state index contributed by atoms with van der Waals surface area (Å²) < 4.78 is 0. The zero-order valence-corrected chi connectivity index (χ0v) is 11.4. The molecule has 0 saturated heterocycles. The molecule has 2 N–H and O–H groups in total. The first-order valence-electron chi connectivity index (χ1n) is 6.31. The molecule has 0 saturated carbocycles. The fourth-order valence-corrected chi connectivity index (χ4v) is 1.99. The second-order valence-corrected chi connectivity index (χ2v) is 5.58. The van der Waals surface area contributed by atoms with Crippen molar-refractivity contribution in [3.63, 3.8) is 0 Å². The van der Waals surface area contributed by atoms with Gasteiger partial charge in [-0.15, -0.1) is 0 Å². The van der Waals surface area contributed by atoms with Crippen LogP contribution in [0, 0.1) is 16.7 Å². The van der Waals surface area contributed by atoms with Gasteiger partial charge in [-0.05, 0) is 23.5 Å². The SMILES string of the molecule is CC(C)(C)C(CCO)NCc1ccccc1C#N. The van der Waals surface area contributed by atoms with Crippen LogP contribution in [0.5, 0.6) is 0 Å². The van der Waals surface area contributed by atoms with Gasteiger partial charge >= 0.3 is 0 Å². The Hall–Kier alpha value is -1.37. The van der Waals surface area contributed by atoms with Gasteiger partial charge in [0.15, 0.2) is 0 Å². The highest BCUT2D eigenvalue weighted by Crippen LogP contribution is 2.22. The normalized spacial score (nSPS) is 13.1. The molecular weight excluding hydrogens is 224 g/mol. The van der Waals surface area contributed by atoms with Gasteiger partial charge in [0.25, 0.3) is 0 Å². The molecule has 1 aromatic carbocycles. The summed E-state index contributed by atoms with van der Waals surface area (Å²) in [6.07, 6.45) is 0.720. The number of nitrogens with zero attached hydrogens (tertiary/aromatic N) is 1. The van der Waals surface area contributed by atoms with E-state index in [9.17, 15) is 0 Å². The number of aliphatic hydroxyl groups is 1. The minimum Gasteiger partial charge on any atom is -0.396 e. The second-order valence-electron chi connectivity index (χ2n) is 5.58. The molecule has 1 aromatic rings. The van der Waals surface area contributed by atoms with Crippen LogP contribution < -0.4 is 5.32 Å². The van der Waals surface area contributed by atoms with Gasteiger partial charge in [-0.1, -0.05) is 39.0 Å². The Labute approximate surface area is 109 Å². The zero-order valence-electron chi connectivity index (χ0n) is 11.4. The number of benzene rings is 1. The lowest BCUT2D eigenvalue weighted by Crippen LogP contribution is -2.40. The minimum atomic E-state index is 0.0876.